The Morgan fingerprint density at radius 2 is 1.94 bits per heavy atom. The number of aliphatic hydroxyl groups is 1. The minimum atomic E-state index is -0.961. The maximum Gasteiger partial charge on any atom is 0.255 e. The Hall–Kier alpha value is -3.66. The van der Waals surface area contributed by atoms with Crippen LogP contribution in [0.3, 0.4) is 0 Å². The van der Waals surface area contributed by atoms with Crippen LogP contribution in [-0.4, -0.2) is 50.9 Å². The number of hydrogen-bond donors (Lipinski definition) is 3. The van der Waals surface area contributed by atoms with Crippen molar-refractivity contribution in [3.63, 3.8) is 0 Å². The van der Waals surface area contributed by atoms with Crippen LogP contribution in [-0.2, 0) is 0 Å². The number of aromatic nitrogens is 2. The second-order valence-corrected chi connectivity index (χ2v) is 9.42. The number of nitrogens with one attached hydrogen (secondary N) is 1. The van der Waals surface area contributed by atoms with Crippen molar-refractivity contribution >= 4 is 17.3 Å². The molecule has 186 valence electrons. The molecule has 2 heterocycles. The Kier molecular flexibility index (Phi) is 6.93. The first-order chi connectivity index (χ1) is 16.6. The number of pyridine rings is 1. The lowest BCUT2D eigenvalue weighted by molar-refractivity contribution is 0.0283. The first kappa shape index (κ1) is 24.5. The number of ether oxygens (including phenoxy) is 2. The molecule has 1 aliphatic carbocycles. The number of amides is 2. The highest BCUT2D eigenvalue weighted by Crippen LogP contribution is 2.27. The van der Waals surface area contributed by atoms with Crippen LogP contribution in [0.5, 0.6) is 11.5 Å². The van der Waals surface area contributed by atoms with Gasteiger partial charge in [0.2, 0.25) is 0 Å². The van der Waals surface area contributed by atoms with Gasteiger partial charge < -0.3 is 25.6 Å². The lowest BCUT2D eigenvalue weighted by Crippen LogP contribution is -2.39. The summed E-state index contributed by atoms with van der Waals surface area (Å²) in [5.74, 6) is -0.714. The van der Waals surface area contributed by atoms with Crippen LogP contribution < -0.4 is 20.5 Å². The van der Waals surface area contributed by atoms with Crippen molar-refractivity contribution in [3.05, 3.63) is 59.7 Å². The largest absolute Gasteiger partial charge is 0.490 e. The average molecular weight is 485 g/mol. The van der Waals surface area contributed by atoms with E-state index in [1.54, 1.807) is 36.7 Å². The van der Waals surface area contributed by atoms with Gasteiger partial charge in [0, 0.05) is 6.04 Å². The molecule has 3 aromatic rings. The molecule has 1 fully saturated rings. The van der Waals surface area contributed by atoms with Crippen molar-refractivity contribution in [1.82, 2.24) is 14.9 Å². The van der Waals surface area contributed by atoms with Crippen LogP contribution >= 0.6 is 0 Å². The summed E-state index contributed by atoms with van der Waals surface area (Å²) in [5.41, 5.74) is 5.49. The molecule has 35 heavy (non-hydrogen) atoms. The van der Waals surface area contributed by atoms with E-state index in [2.05, 4.69) is 10.4 Å². The number of primary amides is 1. The zero-order valence-electron chi connectivity index (χ0n) is 19.7. The second-order valence-electron chi connectivity index (χ2n) is 9.42. The van der Waals surface area contributed by atoms with Gasteiger partial charge in [0.15, 0.2) is 0 Å². The fourth-order valence-electron chi connectivity index (χ4n) is 4.05. The zero-order valence-corrected chi connectivity index (χ0v) is 19.7. The number of carbonyl (C=O) groups excluding carboxylic acids is 2. The number of halogens is 1. The lowest BCUT2D eigenvalue weighted by Gasteiger charge is -2.29. The normalized spacial score (nSPS) is 18.3. The van der Waals surface area contributed by atoms with Crippen LogP contribution in [0.4, 0.5) is 4.39 Å². The zero-order chi connectivity index (χ0) is 25.2. The van der Waals surface area contributed by atoms with Crippen LogP contribution in [0.1, 0.15) is 60.2 Å². The first-order valence-corrected chi connectivity index (χ1v) is 11.5. The van der Waals surface area contributed by atoms with Gasteiger partial charge in [-0.25, -0.2) is 8.91 Å². The highest BCUT2D eigenvalue weighted by molar-refractivity contribution is 6.00. The van der Waals surface area contributed by atoms with Gasteiger partial charge in [-0.3, -0.25) is 9.59 Å². The highest BCUT2D eigenvalue weighted by Gasteiger charge is 2.26. The molecule has 2 amide bonds. The maximum atomic E-state index is 13.4. The van der Waals surface area contributed by atoms with Gasteiger partial charge in [-0.05, 0) is 69.9 Å². The summed E-state index contributed by atoms with van der Waals surface area (Å²) in [7, 11) is 0. The van der Waals surface area contributed by atoms with Crippen molar-refractivity contribution < 1.29 is 28.6 Å². The van der Waals surface area contributed by atoms with Crippen LogP contribution in [0.25, 0.3) is 5.52 Å². The molecule has 0 bridgehead atoms. The Bertz CT molecular complexity index is 1230. The monoisotopic (exact) mass is 484 g/mol. The Labute approximate surface area is 202 Å². The van der Waals surface area contributed by atoms with E-state index >= 15 is 0 Å². The third kappa shape index (κ3) is 6.07. The van der Waals surface area contributed by atoms with Gasteiger partial charge in [-0.1, -0.05) is 0 Å². The number of nitrogens with zero attached hydrogens (tertiary/aromatic N) is 2. The van der Waals surface area contributed by atoms with Crippen LogP contribution in [0.15, 0.2) is 42.7 Å². The topological polar surface area (TPSA) is 128 Å². The number of fused-ring (bicyclic) bond motifs is 1. The van der Waals surface area contributed by atoms with Gasteiger partial charge in [-0.15, -0.1) is 0 Å². The van der Waals surface area contributed by atoms with E-state index in [4.69, 9.17) is 15.2 Å². The molecule has 1 saturated carbocycles. The molecular weight excluding hydrogens is 455 g/mol. The minimum absolute atomic E-state index is 0.0159. The van der Waals surface area contributed by atoms with Crippen molar-refractivity contribution in [2.24, 2.45) is 5.73 Å². The number of nitrogens with two attached hydrogens (primary N) is 1. The average Bonchev–Trinajstić information content (AvgIpc) is 3.23. The third-order valence-corrected chi connectivity index (χ3v) is 5.84. The molecule has 4 N–H and O–H groups in total. The van der Waals surface area contributed by atoms with Gasteiger partial charge in [0.1, 0.15) is 23.9 Å². The van der Waals surface area contributed by atoms with Crippen molar-refractivity contribution in [2.75, 3.05) is 6.61 Å². The van der Waals surface area contributed by atoms with Crippen molar-refractivity contribution in [3.8, 4) is 11.5 Å². The Balaban J connectivity index is 1.33. The smallest absolute Gasteiger partial charge is 0.255 e. The summed E-state index contributed by atoms with van der Waals surface area (Å²) in [6.45, 7) is 3.44. The summed E-state index contributed by atoms with van der Waals surface area (Å²) in [4.78, 5) is 24.5. The molecular formula is C25H29FN4O5. The maximum absolute atomic E-state index is 13.4. The molecule has 0 aliphatic heterocycles. The first-order valence-electron chi connectivity index (χ1n) is 11.5. The van der Waals surface area contributed by atoms with Gasteiger partial charge in [0.25, 0.3) is 11.8 Å². The van der Waals surface area contributed by atoms with E-state index in [0.29, 0.717) is 42.5 Å². The molecule has 2 aromatic heterocycles. The van der Waals surface area contributed by atoms with Gasteiger partial charge >= 0.3 is 0 Å². The molecule has 0 atom stereocenters. The molecule has 9 nitrogen and oxygen atoms in total. The van der Waals surface area contributed by atoms with E-state index in [-0.39, 0.29) is 36.0 Å². The molecule has 1 aromatic carbocycles. The standard InChI is InChI=1S/C25H29FN4O5/c1-25(2,33)14-34-18-8-9-21-20(12-28-30(21)13-18)24(32)29-16-4-6-17(7-5-16)35-22-10-3-15(26)11-19(22)23(27)31/h3,8-13,16-17,33H,4-7,14H2,1-2H3,(H2,27,31)(H,29,32). The Morgan fingerprint density at radius 3 is 2.63 bits per heavy atom. The minimum Gasteiger partial charge on any atom is -0.490 e. The number of hydrogen-bond acceptors (Lipinski definition) is 6. The van der Waals surface area contributed by atoms with Crippen LogP contribution in [0, 0.1) is 5.82 Å². The molecule has 10 heteroatoms. The molecule has 4 rings (SSSR count). The molecule has 0 saturated heterocycles. The van der Waals surface area contributed by atoms with E-state index in [9.17, 15) is 19.1 Å². The number of benzene rings is 1. The fourth-order valence-corrected chi connectivity index (χ4v) is 4.05. The Morgan fingerprint density at radius 1 is 1.20 bits per heavy atom. The lowest BCUT2D eigenvalue weighted by atomic mass is 9.92. The van der Waals surface area contributed by atoms with Crippen LogP contribution in [0.2, 0.25) is 0 Å². The van der Waals surface area contributed by atoms with E-state index in [1.165, 1.54) is 18.3 Å². The quantitative estimate of drug-likeness (QED) is 0.451. The number of carbonyl (C=O) groups is 2. The third-order valence-electron chi connectivity index (χ3n) is 5.84. The summed E-state index contributed by atoms with van der Waals surface area (Å²) in [6.07, 6.45) is 5.73. The summed E-state index contributed by atoms with van der Waals surface area (Å²) < 4.78 is 26.5. The molecule has 0 unspecified atom stereocenters. The molecule has 0 spiro atoms. The van der Waals surface area contributed by atoms with Gasteiger partial charge in [0.05, 0.1) is 40.7 Å². The summed E-state index contributed by atoms with van der Waals surface area (Å²) in [6, 6.07) is 7.17. The van der Waals surface area contributed by atoms with E-state index < -0.39 is 17.3 Å². The van der Waals surface area contributed by atoms with E-state index in [1.807, 2.05) is 0 Å². The fraction of sp³-hybridized carbons (Fsp3) is 0.400. The summed E-state index contributed by atoms with van der Waals surface area (Å²) >= 11 is 0. The predicted octanol–water partition coefficient (Wildman–Crippen LogP) is 2.84. The summed E-state index contributed by atoms with van der Waals surface area (Å²) in [5, 5.41) is 17.1. The van der Waals surface area contributed by atoms with Crippen molar-refractivity contribution in [1.29, 1.82) is 0 Å². The number of rotatable bonds is 8. The highest BCUT2D eigenvalue weighted by atomic mass is 19.1. The van der Waals surface area contributed by atoms with Gasteiger partial charge in [-0.2, -0.15) is 5.10 Å². The SMILES string of the molecule is CC(C)(O)COc1ccc2c(C(=O)NC3CCC(Oc4ccc(F)cc4C(N)=O)CC3)cnn2c1. The molecule has 1 aliphatic rings. The second kappa shape index (κ2) is 9.91. The van der Waals surface area contributed by atoms with E-state index in [0.717, 1.165) is 6.07 Å². The van der Waals surface area contributed by atoms with Crippen molar-refractivity contribution in [2.45, 2.75) is 57.3 Å². The predicted molar refractivity (Wildman–Crippen MR) is 126 cm³/mol. The molecule has 0 radical (unpaired) electrons.